The van der Waals surface area contributed by atoms with Gasteiger partial charge in [-0.1, -0.05) is 0 Å². The zero-order valence-corrected chi connectivity index (χ0v) is 14.8. The first-order valence-electron chi connectivity index (χ1n) is 7.56. The quantitative estimate of drug-likeness (QED) is 0.492. The number of nitrogens with zero attached hydrogens (tertiary/aromatic N) is 1. The maximum Gasteiger partial charge on any atom is 0.501 e. The number of carbonyl (C=O) groups excluding carboxylic acids is 1. The summed E-state index contributed by atoms with van der Waals surface area (Å²) in [5.41, 5.74) is 1.78. The summed E-state index contributed by atoms with van der Waals surface area (Å²) in [4.78, 5) is 11.7. The van der Waals surface area contributed by atoms with Gasteiger partial charge in [-0.05, 0) is 38.8 Å². The molecule has 0 N–H and O–H groups in total. The molecule has 6 heteroatoms. The maximum atomic E-state index is 11.7. The Bertz CT molecular complexity index is 442. The Balaban J connectivity index is 2.87. The monoisotopic (exact) mass is 313 g/mol. The van der Waals surface area contributed by atoms with E-state index in [-0.39, 0.29) is 5.78 Å². The average Bonchev–Trinajstić information content (AvgIpc) is 2.79. The van der Waals surface area contributed by atoms with Gasteiger partial charge in [-0.15, -0.1) is 0 Å². The van der Waals surface area contributed by atoms with Gasteiger partial charge in [0.2, 0.25) is 0 Å². The van der Waals surface area contributed by atoms with Gasteiger partial charge in [0.25, 0.3) is 0 Å². The van der Waals surface area contributed by atoms with Crippen LogP contribution < -0.4 is 0 Å². The zero-order chi connectivity index (χ0) is 15.9. The summed E-state index contributed by atoms with van der Waals surface area (Å²) < 4.78 is 19.4. The number of aryl methyl sites for hydroxylation is 2. The van der Waals surface area contributed by atoms with E-state index in [1.807, 2.05) is 44.6 Å². The van der Waals surface area contributed by atoms with Crippen molar-refractivity contribution in [3.63, 3.8) is 0 Å². The predicted octanol–water partition coefficient (Wildman–Crippen LogP) is 2.82. The zero-order valence-electron chi connectivity index (χ0n) is 13.8. The highest BCUT2D eigenvalue weighted by atomic mass is 28.4. The molecule has 0 saturated carbocycles. The van der Waals surface area contributed by atoms with Gasteiger partial charge in [0.05, 0.1) is 5.69 Å². The summed E-state index contributed by atoms with van der Waals surface area (Å²) in [7, 11) is -0.760. The summed E-state index contributed by atoms with van der Waals surface area (Å²) >= 11 is 0. The Hall–Kier alpha value is -0.953. The van der Waals surface area contributed by atoms with Crippen molar-refractivity contribution in [3.8, 4) is 0 Å². The van der Waals surface area contributed by atoms with E-state index in [4.69, 9.17) is 13.3 Å². The first-order chi connectivity index (χ1) is 9.99. The van der Waals surface area contributed by atoms with E-state index >= 15 is 0 Å². The normalized spacial score (nSPS) is 11.9. The molecule has 0 fully saturated rings. The van der Waals surface area contributed by atoms with Crippen molar-refractivity contribution in [1.29, 1.82) is 0 Å². The maximum absolute atomic E-state index is 11.7. The Labute approximate surface area is 128 Å². The molecule has 0 aromatic carbocycles. The Morgan fingerprint density at radius 3 is 2.10 bits per heavy atom. The standard InChI is InChI=1S/C15H27NO4Si/c1-6-18-21(19-7-2,20-8-3)12-10-14-9-11-16(5)15(14)13(4)17/h9,11H,6-8,10,12H2,1-5H3. The molecule has 0 unspecified atom stereocenters. The fourth-order valence-electron chi connectivity index (χ4n) is 2.55. The van der Waals surface area contributed by atoms with E-state index in [0.29, 0.717) is 25.9 Å². The van der Waals surface area contributed by atoms with Crippen molar-refractivity contribution in [2.75, 3.05) is 19.8 Å². The van der Waals surface area contributed by atoms with Crippen LogP contribution in [0.15, 0.2) is 12.3 Å². The number of ketones is 1. The number of hydrogen-bond acceptors (Lipinski definition) is 4. The minimum atomic E-state index is -2.65. The van der Waals surface area contributed by atoms with E-state index in [1.165, 1.54) is 0 Å². The van der Waals surface area contributed by atoms with Crippen LogP contribution in [0, 0.1) is 0 Å². The van der Waals surface area contributed by atoms with E-state index in [9.17, 15) is 4.79 Å². The van der Waals surface area contributed by atoms with Crippen molar-refractivity contribution >= 4 is 14.6 Å². The minimum absolute atomic E-state index is 0.0778. The Morgan fingerprint density at radius 1 is 1.14 bits per heavy atom. The largest absolute Gasteiger partial charge is 0.501 e. The van der Waals surface area contributed by atoms with Gasteiger partial charge < -0.3 is 17.8 Å². The molecular weight excluding hydrogens is 286 g/mol. The van der Waals surface area contributed by atoms with Crippen LogP contribution >= 0.6 is 0 Å². The predicted molar refractivity (Wildman–Crippen MR) is 84.6 cm³/mol. The fraction of sp³-hybridized carbons (Fsp3) is 0.667. The number of carbonyl (C=O) groups is 1. The summed E-state index contributed by atoms with van der Waals surface area (Å²) in [6.45, 7) is 9.15. The molecule has 1 heterocycles. The molecule has 1 aromatic heterocycles. The number of Topliss-reactive ketones (excluding diaryl/α,β-unsaturated/α-hetero) is 1. The SMILES string of the molecule is CCO[Si](CCc1ccn(C)c1C(C)=O)(OCC)OCC. The molecule has 0 bridgehead atoms. The van der Waals surface area contributed by atoms with Crippen molar-refractivity contribution in [3.05, 3.63) is 23.5 Å². The molecule has 120 valence electrons. The summed E-state index contributed by atoms with van der Waals surface area (Å²) in [6, 6.07) is 2.67. The lowest BCUT2D eigenvalue weighted by Crippen LogP contribution is -2.46. The van der Waals surface area contributed by atoms with Crippen LogP contribution in [0.25, 0.3) is 0 Å². The topological polar surface area (TPSA) is 49.7 Å². The fourth-order valence-corrected chi connectivity index (χ4v) is 5.12. The van der Waals surface area contributed by atoms with Gasteiger partial charge in [0.1, 0.15) is 0 Å². The molecule has 1 aromatic rings. The van der Waals surface area contributed by atoms with E-state index in [1.54, 1.807) is 6.92 Å². The lowest BCUT2D eigenvalue weighted by molar-refractivity contribution is 0.0713. The molecule has 0 aliphatic rings. The molecule has 0 atom stereocenters. The van der Waals surface area contributed by atoms with Gasteiger partial charge in [-0.2, -0.15) is 0 Å². The van der Waals surface area contributed by atoms with Crippen LogP contribution in [0.4, 0.5) is 0 Å². The molecule has 0 amide bonds. The van der Waals surface area contributed by atoms with Gasteiger partial charge in [-0.3, -0.25) is 4.79 Å². The number of aromatic nitrogens is 1. The lowest BCUT2D eigenvalue weighted by Gasteiger charge is -2.28. The van der Waals surface area contributed by atoms with E-state index in [0.717, 1.165) is 17.7 Å². The molecule has 0 spiro atoms. The molecule has 0 radical (unpaired) electrons. The Morgan fingerprint density at radius 2 is 1.67 bits per heavy atom. The highest BCUT2D eigenvalue weighted by molar-refractivity contribution is 6.60. The van der Waals surface area contributed by atoms with Crippen molar-refractivity contribution in [2.24, 2.45) is 7.05 Å². The van der Waals surface area contributed by atoms with E-state index in [2.05, 4.69) is 0 Å². The van der Waals surface area contributed by atoms with Crippen LogP contribution in [-0.2, 0) is 26.7 Å². The third-order valence-corrected chi connectivity index (χ3v) is 6.33. The molecule has 21 heavy (non-hydrogen) atoms. The Kier molecular flexibility index (Phi) is 7.31. The van der Waals surface area contributed by atoms with Gasteiger partial charge in [0, 0.05) is 46.0 Å². The summed E-state index contributed by atoms with van der Waals surface area (Å²) in [6.07, 6.45) is 2.64. The number of rotatable bonds is 10. The molecule has 1 rings (SSSR count). The van der Waals surface area contributed by atoms with Crippen LogP contribution in [0.2, 0.25) is 6.04 Å². The average molecular weight is 313 g/mol. The van der Waals surface area contributed by atoms with Gasteiger partial charge >= 0.3 is 8.80 Å². The molecule has 0 saturated heterocycles. The lowest BCUT2D eigenvalue weighted by atomic mass is 10.1. The molecule has 0 aliphatic heterocycles. The smallest absolute Gasteiger partial charge is 0.374 e. The minimum Gasteiger partial charge on any atom is -0.374 e. The highest BCUT2D eigenvalue weighted by Gasteiger charge is 2.40. The van der Waals surface area contributed by atoms with Crippen molar-refractivity contribution < 1.29 is 18.1 Å². The van der Waals surface area contributed by atoms with Crippen molar-refractivity contribution in [2.45, 2.75) is 40.2 Å². The third-order valence-electron chi connectivity index (χ3n) is 3.28. The summed E-state index contributed by atoms with van der Waals surface area (Å²) in [5, 5.41) is 0. The van der Waals surface area contributed by atoms with Crippen LogP contribution in [0.3, 0.4) is 0 Å². The summed E-state index contributed by atoms with van der Waals surface area (Å²) in [5.74, 6) is 0.0778. The molecular formula is C15H27NO4Si. The first-order valence-corrected chi connectivity index (χ1v) is 9.49. The van der Waals surface area contributed by atoms with Gasteiger partial charge in [0.15, 0.2) is 5.78 Å². The second kappa shape index (κ2) is 8.48. The highest BCUT2D eigenvalue weighted by Crippen LogP contribution is 2.21. The van der Waals surface area contributed by atoms with Crippen LogP contribution in [0.1, 0.15) is 43.7 Å². The molecule has 5 nitrogen and oxygen atoms in total. The van der Waals surface area contributed by atoms with E-state index < -0.39 is 8.80 Å². The first kappa shape index (κ1) is 18.1. The van der Waals surface area contributed by atoms with Crippen molar-refractivity contribution in [1.82, 2.24) is 4.57 Å². The molecule has 0 aliphatic carbocycles. The van der Waals surface area contributed by atoms with Crippen LogP contribution in [0.5, 0.6) is 0 Å². The van der Waals surface area contributed by atoms with Crippen LogP contribution in [-0.4, -0.2) is 39.0 Å². The van der Waals surface area contributed by atoms with Gasteiger partial charge in [-0.25, -0.2) is 0 Å². The second-order valence-corrected chi connectivity index (χ2v) is 7.57. The number of hydrogen-bond donors (Lipinski definition) is 0. The third kappa shape index (κ3) is 4.77. The second-order valence-electron chi connectivity index (χ2n) is 4.84.